The van der Waals surface area contributed by atoms with Crippen molar-refractivity contribution in [1.29, 1.82) is 0 Å². The van der Waals surface area contributed by atoms with Crippen molar-refractivity contribution < 1.29 is 4.79 Å². The first-order valence-corrected chi connectivity index (χ1v) is 13.9. The van der Waals surface area contributed by atoms with Crippen LogP contribution in [0.3, 0.4) is 0 Å². The van der Waals surface area contributed by atoms with Gasteiger partial charge >= 0.3 is 0 Å². The Balaban J connectivity index is 1.23. The molecule has 1 amide bonds. The molecule has 38 heavy (non-hydrogen) atoms. The summed E-state index contributed by atoms with van der Waals surface area (Å²) in [4.78, 5) is 17.3. The van der Waals surface area contributed by atoms with Crippen molar-refractivity contribution in [2.75, 3.05) is 11.1 Å². The largest absolute Gasteiger partial charge is 0.325 e. The number of aromatic nitrogens is 7. The minimum atomic E-state index is -0.159. The number of hydrogen-bond acceptors (Lipinski definition) is 8. The molecule has 0 aliphatic heterocycles. The number of thioether (sulfide) groups is 1. The number of nitrogens with zero attached hydrogens (tertiary/aromatic N) is 7. The molecule has 0 saturated carbocycles. The minimum Gasteiger partial charge on any atom is -0.325 e. The van der Waals surface area contributed by atoms with E-state index in [4.69, 9.17) is 0 Å². The first kappa shape index (κ1) is 22.8. The molecule has 7 rings (SSSR count). The Morgan fingerprint density at radius 3 is 2.58 bits per heavy atom. The van der Waals surface area contributed by atoms with Crippen molar-refractivity contribution in [3.05, 3.63) is 84.4 Å². The van der Waals surface area contributed by atoms with Crippen LogP contribution in [0.4, 0.5) is 5.13 Å². The molecule has 3 aromatic carbocycles. The number of fused-ring (bicyclic) bond motifs is 6. The predicted molar refractivity (Wildman–Crippen MR) is 151 cm³/mol. The number of aryl methyl sites for hydroxylation is 2. The molecule has 186 valence electrons. The van der Waals surface area contributed by atoms with Crippen molar-refractivity contribution >= 4 is 72.2 Å². The number of para-hydroxylation sites is 2. The van der Waals surface area contributed by atoms with E-state index in [1.165, 1.54) is 28.7 Å². The molecule has 9 nitrogen and oxygen atoms in total. The lowest BCUT2D eigenvalue weighted by atomic mass is 10.1. The second-order valence-corrected chi connectivity index (χ2v) is 10.7. The zero-order chi connectivity index (χ0) is 25.5. The minimum absolute atomic E-state index is 0.158. The molecule has 4 heterocycles. The third kappa shape index (κ3) is 4.05. The third-order valence-corrected chi connectivity index (χ3v) is 8.21. The summed E-state index contributed by atoms with van der Waals surface area (Å²) in [6.45, 7) is 0.745. The van der Waals surface area contributed by atoms with E-state index in [9.17, 15) is 4.79 Å². The summed E-state index contributed by atoms with van der Waals surface area (Å²) in [5.41, 5.74) is 4.83. The lowest BCUT2D eigenvalue weighted by Crippen LogP contribution is -2.14. The molecule has 0 saturated heterocycles. The van der Waals surface area contributed by atoms with Gasteiger partial charge in [0.15, 0.2) is 15.9 Å². The van der Waals surface area contributed by atoms with Crippen molar-refractivity contribution in [2.45, 2.75) is 18.1 Å². The number of rotatable bonds is 7. The molecule has 0 fully saturated rings. The quantitative estimate of drug-likeness (QED) is 0.279. The Labute approximate surface area is 224 Å². The van der Waals surface area contributed by atoms with Crippen molar-refractivity contribution in [3.8, 4) is 0 Å². The molecule has 1 N–H and O–H groups in total. The topological polar surface area (TPSA) is 103 Å². The van der Waals surface area contributed by atoms with Crippen LogP contribution in [0.2, 0.25) is 0 Å². The van der Waals surface area contributed by atoms with E-state index in [0.717, 1.165) is 45.2 Å². The molecule has 4 aromatic heterocycles. The highest BCUT2D eigenvalue weighted by Gasteiger charge is 2.20. The van der Waals surface area contributed by atoms with Crippen molar-refractivity contribution in [1.82, 2.24) is 34.3 Å². The summed E-state index contributed by atoms with van der Waals surface area (Å²) in [5, 5.41) is 22.5. The molecule has 0 atom stereocenters. The third-order valence-electron chi connectivity index (χ3n) is 6.32. The summed E-state index contributed by atoms with van der Waals surface area (Å²) in [5.74, 6) is 0.397. The normalized spacial score (nSPS) is 11.7. The number of benzene rings is 3. The van der Waals surface area contributed by atoms with Crippen molar-refractivity contribution in [2.24, 2.45) is 0 Å². The van der Waals surface area contributed by atoms with E-state index in [-0.39, 0.29) is 11.7 Å². The van der Waals surface area contributed by atoms with Crippen LogP contribution in [0, 0.1) is 0 Å². The summed E-state index contributed by atoms with van der Waals surface area (Å²) in [6, 6.07) is 26.4. The van der Waals surface area contributed by atoms with Gasteiger partial charge in [0.05, 0.1) is 21.5 Å². The number of nitrogens with one attached hydrogen (secondary N) is 1. The highest BCUT2D eigenvalue weighted by atomic mass is 32.2. The van der Waals surface area contributed by atoms with Gasteiger partial charge in [0, 0.05) is 11.9 Å². The van der Waals surface area contributed by atoms with Gasteiger partial charge in [0.2, 0.25) is 5.91 Å². The van der Waals surface area contributed by atoms with Gasteiger partial charge in [-0.1, -0.05) is 83.8 Å². The fourth-order valence-corrected chi connectivity index (χ4v) is 6.23. The Bertz CT molecular complexity index is 1910. The number of anilines is 1. The summed E-state index contributed by atoms with van der Waals surface area (Å²) in [7, 11) is 0. The maximum Gasteiger partial charge on any atom is 0.276 e. The van der Waals surface area contributed by atoms with Gasteiger partial charge in [-0.2, -0.15) is 0 Å². The first-order valence-electron chi connectivity index (χ1n) is 12.1. The van der Waals surface area contributed by atoms with Crippen LogP contribution in [0.1, 0.15) is 5.56 Å². The zero-order valence-electron chi connectivity index (χ0n) is 20.0. The monoisotopic (exact) mass is 536 g/mol. The van der Waals surface area contributed by atoms with Crippen LogP contribution in [0.15, 0.2) is 84.0 Å². The first-order chi connectivity index (χ1) is 18.7. The number of hydrogen-bond donors (Lipinski definition) is 1. The lowest BCUT2D eigenvalue weighted by Gasteiger charge is -2.09. The zero-order valence-corrected chi connectivity index (χ0v) is 21.6. The van der Waals surface area contributed by atoms with Crippen LogP contribution in [-0.2, 0) is 17.8 Å². The molecule has 0 bridgehead atoms. The molecular weight excluding hydrogens is 516 g/mol. The van der Waals surface area contributed by atoms with Gasteiger partial charge in [-0.3, -0.25) is 4.79 Å². The van der Waals surface area contributed by atoms with Gasteiger partial charge in [0.25, 0.3) is 5.78 Å². The average Bonchev–Trinajstić information content (AvgIpc) is 3.64. The summed E-state index contributed by atoms with van der Waals surface area (Å²) in [6.07, 6.45) is 0.855. The molecule has 0 aliphatic rings. The van der Waals surface area contributed by atoms with Crippen molar-refractivity contribution in [3.63, 3.8) is 0 Å². The van der Waals surface area contributed by atoms with E-state index in [2.05, 4.69) is 71.7 Å². The van der Waals surface area contributed by atoms with Crippen LogP contribution in [0.5, 0.6) is 0 Å². The standard InChI is InChI=1S/C27H20N8OS2/c36-22(29-26-28-19-11-5-7-13-21(19)38-26)16-37-27-33-32-25-31-30-23-18-10-4-6-12-20(18)34(24(23)35(25)27)15-14-17-8-2-1-3-9-17/h1-13H,14-16H2,(H,28,29,36). The second kappa shape index (κ2) is 9.51. The van der Waals surface area contributed by atoms with Gasteiger partial charge in [-0.05, 0) is 30.2 Å². The highest BCUT2D eigenvalue weighted by Crippen LogP contribution is 2.30. The Morgan fingerprint density at radius 2 is 1.68 bits per heavy atom. The maximum absolute atomic E-state index is 12.8. The highest BCUT2D eigenvalue weighted by molar-refractivity contribution is 7.99. The predicted octanol–water partition coefficient (Wildman–Crippen LogP) is 5.21. The number of carbonyl (C=O) groups is 1. The molecule has 0 unspecified atom stereocenters. The number of carbonyl (C=O) groups excluding carboxylic acids is 1. The van der Waals surface area contributed by atoms with Crippen LogP contribution in [0.25, 0.3) is 38.1 Å². The van der Waals surface area contributed by atoms with Gasteiger partial charge in [-0.15, -0.1) is 20.4 Å². The number of amides is 1. The second-order valence-electron chi connectivity index (χ2n) is 8.72. The SMILES string of the molecule is O=C(CSc1nnc2nnc3c4ccccc4n(CCc4ccccc4)c3n12)Nc1nc2ccccc2s1. The fraction of sp³-hybridized carbons (Fsp3) is 0.111. The average molecular weight is 537 g/mol. The van der Waals surface area contributed by atoms with Crippen LogP contribution < -0.4 is 5.32 Å². The summed E-state index contributed by atoms with van der Waals surface area (Å²) >= 11 is 2.77. The maximum atomic E-state index is 12.8. The smallest absolute Gasteiger partial charge is 0.276 e. The van der Waals surface area contributed by atoms with E-state index in [0.29, 0.717) is 16.1 Å². The molecule has 7 aromatic rings. The Hall–Kier alpha value is -4.35. The molecule has 11 heteroatoms. The van der Waals surface area contributed by atoms with E-state index in [1.54, 1.807) is 0 Å². The molecule has 0 aliphatic carbocycles. The molecule has 0 radical (unpaired) electrons. The van der Waals surface area contributed by atoms with Gasteiger partial charge < -0.3 is 9.88 Å². The number of thiazole rings is 1. The van der Waals surface area contributed by atoms with Gasteiger partial charge in [-0.25, -0.2) is 9.38 Å². The fourth-order valence-electron chi connectivity index (χ4n) is 4.62. The van der Waals surface area contributed by atoms with E-state index < -0.39 is 0 Å². The lowest BCUT2D eigenvalue weighted by molar-refractivity contribution is -0.113. The summed E-state index contributed by atoms with van der Waals surface area (Å²) < 4.78 is 5.18. The van der Waals surface area contributed by atoms with E-state index in [1.807, 2.05) is 46.9 Å². The Morgan fingerprint density at radius 1 is 0.895 bits per heavy atom. The molecule has 0 spiro atoms. The Kier molecular flexibility index (Phi) is 5.71. The van der Waals surface area contributed by atoms with E-state index >= 15 is 0 Å². The van der Waals surface area contributed by atoms with Crippen LogP contribution >= 0.6 is 23.1 Å². The molecular formula is C27H20N8OS2. The van der Waals surface area contributed by atoms with Crippen LogP contribution in [-0.4, -0.2) is 46.0 Å². The van der Waals surface area contributed by atoms with Gasteiger partial charge in [0.1, 0.15) is 5.52 Å².